The van der Waals surface area contributed by atoms with Crippen LogP contribution < -0.4 is 10.6 Å². The Hall–Kier alpha value is -1.36. The summed E-state index contributed by atoms with van der Waals surface area (Å²) in [6, 6.07) is 1.86. The lowest BCUT2D eigenvalue weighted by Gasteiger charge is -2.35. The molecular formula is C14H24N4O. The van der Waals surface area contributed by atoms with Gasteiger partial charge in [0.25, 0.3) is 0 Å². The lowest BCUT2D eigenvalue weighted by molar-refractivity contribution is 0.00494. The molecule has 0 amide bonds. The summed E-state index contributed by atoms with van der Waals surface area (Å²) >= 11 is 0. The van der Waals surface area contributed by atoms with Crippen molar-refractivity contribution in [3.8, 4) is 0 Å². The number of aromatic nitrogens is 2. The first-order chi connectivity index (χ1) is 9.00. The van der Waals surface area contributed by atoms with E-state index in [0.29, 0.717) is 6.54 Å². The van der Waals surface area contributed by atoms with Gasteiger partial charge in [-0.25, -0.2) is 9.97 Å². The Morgan fingerprint density at radius 1 is 1.32 bits per heavy atom. The van der Waals surface area contributed by atoms with Crippen molar-refractivity contribution < 1.29 is 5.11 Å². The maximum atomic E-state index is 10.5. The number of nitrogens with zero attached hydrogens (tertiary/aromatic N) is 2. The van der Waals surface area contributed by atoms with E-state index in [2.05, 4.69) is 27.5 Å². The van der Waals surface area contributed by atoms with Crippen LogP contribution in [-0.4, -0.2) is 34.3 Å². The molecule has 5 nitrogen and oxygen atoms in total. The minimum Gasteiger partial charge on any atom is -0.388 e. The van der Waals surface area contributed by atoms with E-state index in [-0.39, 0.29) is 0 Å². The molecule has 1 heterocycles. The number of hydrogen-bond acceptors (Lipinski definition) is 5. The number of aliphatic hydroxyl groups is 1. The van der Waals surface area contributed by atoms with Crippen molar-refractivity contribution in [2.75, 3.05) is 24.2 Å². The first kappa shape index (κ1) is 14.1. The van der Waals surface area contributed by atoms with Gasteiger partial charge in [-0.05, 0) is 38.5 Å². The third-order valence-electron chi connectivity index (χ3n) is 3.90. The lowest BCUT2D eigenvalue weighted by atomic mass is 9.79. The summed E-state index contributed by atoms with van der Waals surface area (Å²) in [4.78, 5) is 8.59. The Labute approximate surface area is 114 Å². The van der Waals surface area contributed by atoms with E-state index < -0.39 is 5.60 Å². The van der Waals surface area contributed by atoms with Gasteiger partial charge >= 0.3 is 0 Å². The SMILES string of the molecule is CNc1cc(NCC2(O)CCC(C)CC2)nc(C)n1. The van der Waals surface area contributed by atoms with Gasteiger partial charge in [0.15, 0.2) is 0 Å². The molecule has 0 aliphatic heterocycles. The third kappa shape index (κ3) is 3.80. The highest BCUT2D eigenvalue weighted by Crippen LogP contribution is 2.31. The van der Waals surface area contributed by atoms with Crippen molar-refractivity contribution in [3.63, 3.8) is 0 Å². The predicted molar refractivity (Wildman–Crippen MR) is 77.4 cm³/mol. The average molecular weight is 264 g/mol. The van der Waals surface area contributed by atoms with Gasteiger partial charge in [0.05, 0.1) is 5.60 Å². The fraction of sp³-hybridized carbons (Fsp3) is 0.714. The minimum absolute atomic E-state index is 0.555. The quantitative estimate of drug-likeness (QED) is 0.777. The van der Waals surface area contributed by atoms with Crippen molar-refractivity contribution in [2.45, 2.75) is 45.1 Å². The molecule has 1 aromatic heterocycles. The second kappa shape index (κ2) is 5.74. The molecule has 0 unspecified atom stereocenters. The second-order valence-electron chi connectivity index (χ2n) is 5.70. The Bertz CT molecular complexity index is 427. The fourth-order valence-corrected chi connectivity index (χ4v) is 2.52. The molecule has 5 heteroatoms. The van der Waals surface area contributed by atoms with E-state index in [1.807, 2.05) is 20.0 Å². The standard InChI is InChI=1S/C14H24N4O/c1-10-4-6-14(19,7-5-10)9-16-13-8-12(15-3)17-11(2)18-13/h8,10,19H,4-7,9H2,1-3H3,(H2,15,16,17,18). The Morgan fingerprint density at radius 3 is 2.58 bits per heavy atom. The molecule has 1 saturated carbocycles. The van der Waals surface area contributed by atoms with Crippen LogP contribution in [0, 0.1) is 12.8 Å². The monoisotopic (exact) mass is 264 g/mol. The van der Waals surface area contributed by atoms with Crippen molar-refractivity contribution in [3.05, 3.63) is 11.9 Å². The maximum absolute atomic E-state index is 10.5. The predicted octanol–water partition coefficient (Wildman–Crippen LogP) is 2.18. The fourth-order valence-electron chi connectivity index (χ4n) is 2.52. The average Bonchev–Trinajstić information content (AvgIpc) is 2.40. The molecule has 0 spiro atoms. The summed E-state index contributed by atoms with van der Waals surface area (Å²) in [6.07, 6.45) is 3.93. The van der Waals surface area contributed by atoms with Gasteiger partial charge in [-0.15, -0.1) is 0 Å². The third-order valence-corrected chi connectivity index (χ3v) is 3.90. The highest BCUT2D eigenvalue weighted by Gasteiger charge is 2.31. The van der Waals surface area contributed by atoms with Crippen molar-refractivity contribution >= 4 is 11.6 Å². The molecule has 0 saturated heterocycles. The van der Waals surface area contributed by atoms with Crippen molar-refractivity contribution in [1.82, 2.24) is 9.97 Å². The first-order valence-corrected chi connectivity index (χ1v) is 7.00. The summed E-state index contributed by atoms with van der Waals surface area (Å²) < 4.78 is 0. The van der Waals surface area contributed by atoms with Crippen molar-refractivity contribution in [2.24, 2.45) is 5.92 Å². The summed E-state index contributed by atoms with van der Waals surface area (Å²) in [5.74, 6) is 3.01. The maximum Gasteiger partial charge on any atom is 0.131 e. The second-order valence-corrected chi connectivity index (χ2v) is 5.70. The molecule has 2 rings (SSSR count). The van der Waals surface area contributed by atoms with Gasteiger partial charge in [-0.1, -0.05) is 6.92 Å². The van der Waals surface area contributed by atoms with Gasteiger partial charge in [-0.3, -0.25) is 0 Å². The van der Waals surface area contributed by atoms with Gasteiger partial charge in [-0.2, -0.15) is 0 Å². The molecular weight excluding hydrogens is 240 g/mol. The molecule has 1 aliphatic carbocycles. The first-order valence-electron chi connectivity index (χ1n) is 7.00. The Kier molecular flexibility index (Phi) is 4.24. The molecule has 3 N–H and O–H groups in total. The van der Waals surface area contributed by atoms with Gasteiger partial charge in [0, 0.05) is 19.7 Å². The Morgan fingerprint density at radius 2 is 1.95 bits per heavy atom. The van der Waals surface area contributed by atoms with Crippen LogP contribution in [0.5, 0.6) is 0 Å². The number of nitrogens with one attached hydrogen (secondary N) is 2. The van der Waals surface area contributed by atoms with Crippen LogP contribution in [0.2, 0.25) is 0 Å². The van der Waals surface area contributed by atoms with Crippen molar-refractivity contribution in [1.29, 1.82) is 0 Å². The highest BCUT2D eigenvalue weighted by molar-refractivity contribution is 5.47. The molecule has 1 aliphatic rings. The summed E-state index contributed by atoms with van der Waals surface area (Å²) in [5, 5.41) is 16.8. The van der Waals surface area contributed by atoms with E-state index in [9.17, 15) is 5.11 Å². The van der Waals surface area contributed by atoms with Crippen LogP contribution in [0.25, 0.3) is 0 Å². The Balaban J connectivity index is 1.96. The summed E-state index contributed by atoms with van der Waals surface area (Å²) in [6.45, 7) is 4.67. The molecule has 19 heavy (non-hydrogen) atoms. The largest absolute Gasteiger partial charge is 0.388 e. The zero-order chi connectivity index (χ0) is 13.9. The number of anilines is 2. The number of rotatable bonds is 4. The zero-order valence-corrected chi connectivity index (χ0v) is 12.0. The molecule has 0 bridgehead atoms. The van der Waals surface area contributed by atoms with E-state index in [1.165, 1.54) is 0 Å². The van der Waals surface area contributed by atoms with E-state index in [1.54, 1.807) is 0 Å². The van der Waals surface area contributed by atoms with Crippen LogP contribution in [-0.2, 0) is 0 Å². The van der Waals surface area contributed by atoms with Crippen LogP contribution in [0.4, 0.5) is 11.6 Å². The molecule has 106 valence electrons. The van der Waals surface area contributed by atoms with Crippen LogP contribution >= 0.6 is 0 Å². The van der Waals surface area contributed by atoms with Gasteiger partial charge in [0.1, 0.15) is 17.5 Å². The molecule has 1 fully saturated rings. The number of aryl methyl sites for hydroxylation is 1. The smallest absolute Gasteiger partial charge is 0.131 e. The van der Waals surface area contributed by atoms with Gasteiger partial charge in [0.2, 0.25) is 0 Å². The van der Waals surface area contributed by atoms with Gasteiger partial charge < -0.3 is 15.7 Å². The molecule has 0 atom stereocenters. The minimum atomic E-state index is -0.592. The van der Waals surface area contributed by atoms with Crippen LogP contribution in [0.1, 0.15) is 38.4 Å². The molecule has 0 radical (unpaired) electrons. The molecule has 1 aromatic rings. The normalized spacial score (nSPS) is 27.1. The molecule has 0 aromatic carbocycles. The topological polar surface area (TPSA) is 70.1 Å². The van der Waals surface area contributed by atoms with E-state index >= 15 is 0 Å². The van der Waals surface area contributed by atoms with Crippen LogP contribution in [0.15, 0.2) is 6.07 Å². The van der Waals surface area contributed by atoms with E-state index in [4.69, 9.17) is 0 Å². The summed E-state index contributed by atoms with van der Waals surface area (Å²) in [5.41, 5.74) is -0.592. The lowest BCUT2D eigenvalue weighted by Crippen LogP contribution is -2.40. The number of hydrogen-bond donors (Lipinski definition) is 3. The highest BCUT2D eigenvalue weighted by atomic mass is 16.3. The van der Waals surface area contributed by atoms with E-state index in [0.717, 1.165) is 49.1 Å². The zero-order valence-electron chi connectivity index (χ0n) is 12.0. The van der Waals surface area contributed by atoms with Crippen LogP contribution in [0.3, 0.4) is 0 Å². The summed E-state index contributed by atoms with van der Waals surface area (Å²) in [7, 11) is 1.83.